The molecule has 18 heavy (non-hydrogen) atoms. The molecule has 1 aromatic rings. The van der Waals surface area contributed by atoms with E-state index >= 15 is 0 Å². The van der Waals surface area contributed by atoms with Gasteiger partial charge in [0.15, 0.2) is 6.29 Å². The summed E-state index contributed by atoms with van der Waals surface area (Å²) in [6.07, 6.45) is 1.52. The second kappa shape index (κ2) is 6.00. The van der Waals surface area contributed by atoms with E-state index in [-0.39, 0.29) is 5.70 Å². The van der Waals surface area contributed by atoms with Crippen LogP contribution >= 0.6 is 0 Å². The van der Waals surface area contributed by atoms with E-state index in [1.165, 1.54) is 0 Å². The SMILES string of the molecule is CC(C)(C)OC(=O)NC(C=O)=Cc1ccccc1. The van der Waals surface area contributed by atoms with E-state index in [1.807, 2.05) is 30.3 Å². The highest BCUT2D eigenvalue weighted by atomic mass is 16.6. The Morgan fingerprint density at radius 2 is 1.83 bits per heavy atom. The molecule has 0 saturated heterocycles. The number of allylic oxidation sites excluding steroid dienone is 1. The van der Waals surface area contributed by atoms with Crippen molar-refractivity contribution in [2.75, 3.05) is 0 Å². The average molecular weight is 247 g/mol. The van der Waals surface area contributed by atoms with Crippen molar-refractivity contribution >= 4 is 18.5 Å². The Morgan fingerprint density at radius 3 is 2.33 bits per heavy atom. The van der Waals surface area contributed by atoms with Gasteiger partial charge in [-0.3, -0.25) is 10.1 Å². The van der Waals surface area contributed by atoms with Crippen molar-refractivity contribution in [2.45, 2.75) is 26.4 Å². The van der Waals surface area contributed by atoms with Gasteiger partial charge in [-0.25, -0.2) is 4.79 Å². The summed E-state index contributed by atoms with van der Waals surface area (Å²) in [5.41, 5.74) is 0.399. The number of benzene rings is 1. The number of rotatable bonds is 3. The van der Waals surface area contributed by atoms with Gasteiger partial charge < -0.3 is 4.74 Å². The number of ether oxygens (including phenoxy) is 1. The summed E-state index contributed by atoms with van der Waals surface area (Å²) in [6.45, 7) is 5.27. The predicted octanol–water partition coefficient (Wildman–Crippen LogP) is 2.75. The first-order valence-corrected chi connectivity index (χ1v) is 5.62. The van der Waals surface area contributed by atoms with Crippen LogP contribution in [0.5, 0.6) is 0 Å². The minimum Gasteiger partial charge on any atom is -0.444 e. The molecular weight excluding hydrogens is 230 g/mol. The summed E-state index contributed by atoms with van der Waals surface area (Å²) >= 11 is 0. The van der Waals surface area contributed by atoms with Gasteiger partial charge in [-0.1, -0.05) is 30.3 Å². The molecule has 0 saturated carbocycles. The van der Waals surface area contributed by atoms with Crippen molar-refractivity contribution in [1.29, 1.82) is 0 Å². The highest BCUT2D eigenvalue weighted by Gasteiger charge is 2.16. The summed E-state index contributed by atoms with van der Waals surface area (Å²) in [6, 6.07) is 9.24. The first-order chi connectivity index (χ1) is 8.40. The molecule has 0 unspecified atom stereocenters. The molecule has 0 atom stereocenters. The van der Waals surface area contributed by atoms with E-state index in [1.54, 1.807) is 26.8 Å². The van der Waals surface area contributed by atoms with Gasteiger partial charge in [0.2, 0.25) is 0 Å². The fraction of sp³-hybridized carbons (Fsp3) is 0.286. The zero-order valence-corrected chi connectivity index (χ0v) is 10.8. The maximum absolute atomic E-state index is 11.5. The third-order valence-electron chi connectivity index (χ3n) is 1.89. The Morgan fingerprint density at radius 1 is 1.22 bits per heavy atom. The minimum atomic E-state index is -0.642. The highest BCUT2D eigenvalue weighted by Crippen LogP contribution is 2.08. The van der Waals surface area contributed by atoms with Gasteiger partial charge in [-0.05, 0) is 32.4 Å². The fourth-order valence-electron chi connectivity index (χ4n) is 1.25. The van der Waals surface area contributed by atoms with E-state index in [0.717, 1.165) is 5.56 Å². The maximum atomic E-state index is 11.5. The highest BCUT2D eigenvalue weighted by molar-refractivity contribution is 5.87. The Bertz CT molecular complexity index is 444. The molecule has 0 radical (unpaired) electrons. The number of carbonyl (C=O) groups excluding carboxylic acids is 2. The molecule has 1 rings (SSSR count). The number of hydrogen-bond acceptors (Lipinski definition) is 3. The molecule has 0 fully saturated rings. The van der Waals surface area contributed by atoms with Gasteiger partial charge in [-0.2, -0.15) is 0 Å². The van der Waals surface area contributed by atoms with Gasteiger partial charge in [-0.15, -0.1) is 0 Å². The van der Waals surface area contributed by atoms with Crippen LogP contribution in [0.2, 0.25) is 0 Å². The number of nitrogens with one attached hydrogen (secondary N) is 1. The summed E-state index contributed by atoms with van der Waals surface area (Å²) in [5, 5.41) is 2.40. The standard InChI is InChI=1S/C14H17NO3/c1-14(2,3)18-13(17)15-12(10-16)9-11-7-5-4-6-8-11/h4-10H,1-3H3,(H,15,17). The summed E-state index contributed by atoms with van der Waals surface area (Å²) in [4.78, 5) is 22.4. The molecule has 0 heterocycles. The second-order valence-electron chi connectivity index (χ2n) is 4.76. The Balaban J connectivity index is 2.71. The van der Waals surface area contributed by atoms with Crippen molar-refractivity contribution in [2.24, 2.45) is 0 Å². The molecule has 0 aromatic heterocycles. The van der Waals surface area contributed by atoms with Gasteiger partial charge in [0, 0.05) is 0 Å². The monoisotopic (exact) mass is 247 g/mol. The molecule has 1 amide bonds. The molecule has 0 bridgehead atoms. The van der Waals surface area contributed by atoms with Crippen molar-refractivity contribution in [3.8, 4) is 0 Å². The summed E-state index contributed by atoms with van der Waals surface area (Å²) in [7, 11) is 0. The number of carbonyl (C=O) groups is 2. The molecule has 4 heteroatoms. The van der Waals surface area contributed by atoms with E-state index in [4.69, 9.17) is 4.74 Å². The lowest BCUT2D eigenvalue weighted by molar-refractivity contribution is -0.105. The van der Waals surface area contributed by atoms with Crippen LogP contribution in [0.15, 0.2) is 36.0 Å². The zero-order chi connectivity index (χ0) is 13.6. The molecule has 0 aliphatic heterocycles. The number of alkyl carbamates (subject to hydrolysis) is 1. The van der Waals surface area contributed by atoms with E-state index in [9.17, 15) is 9.59 Å². The Labute approximate surface area is 107 Å². The zero-order valence-electron chi connectivity index (χ0n) is 10.8. The third kappa shape index (κ3) is 5.30. The minimum absolute atomic E-state index is 0.162. The molecule has 0 aliphatic rings. The fourth-order valence-corrected chi connectivity index (χ4v) is 1.25. The van der Waals surface area contributed by atoms with Crippen molar-refractivity contribution in [1.82, 2.24) is 5.32 Å². The predicted molar refractivity (Wildman–Crippen MR) is 69.9 cm³/mol. The first-order valence-electron chi connectivity index (χ1n) is 5.62. The van der Waals surface area contributed by atoms with E-state index < -0.39 is 11.7 Å². The lowest BCUT2D eigenvalue weighted by Gasteiger charge is -2.19. The molecule has 1 N–H and O–H groups in total. The van der Waals surface area contributed by atoms with Crippen LogP contribution in [0.4, 0.5) is 4.79 Å². The molecule has 0 aliphatic carbocycles. The van der Waals surface area contributed by atoms with Crippen molar-refractivity contribution < 1.29 is 14.3 Å². The first kappa shape index (κ1) is 14.0. The second-order valence-corrected chi connectivity index (χ2v) is 4.76. The van der Waals surface area contributed by atoms with Gasteiger partial charge in [0.1, 0.15) is 5.60 Å². The lowest BCUT2D eigenvalue weighted by Crippen LogP contribution is -2.32. The smallest absolute Gasteiger partial charge is 0.412 e. The normalized spacial score (nSPS) is 11.8. The van der Waals surface area contributed by atoms with Crippen LogP contribution in [0.3, 0.4) is 0 Å². The molecular formula is C14H17NO3. The van der Waals surface area contributed by atoms with Gasteiger partial charge >= 0.3 is 6.09 Å². The number of amides is 1. The quantitative estimate of drug-likeness (QED) is 0.660. The third-order valence-corrected chi connectivity index (χ3v) is 1.89. The Hall–Kier alpha value is -2.10. The number of hydrogen-bond donors (Lipinski definition) is 1. The van der Waals surface area contributed by atoms with Crippen LogP contribution in [0.25, 0.3) is 6.08 Å². The van der Waals surface area contributed by atoms with E-state index in [2.05, 4.69) is 5.32 Å². The van der Waals surface area contributed by atoms with Crippen LogP contribution in [0, 0.1) is 0 Å². The van der Waals surface area contributed by atoms with Crippen LogP contribution in [-0.4, -0.2) is 18.0 Å². The van der Waals surface area contributed by atoms with Gasteiger partial charge in [0.05, 0.1) is 5.70 Å². The molecule has 0 spiro atoms. The lowest BCUT2D eigenvalue weighted by atomic mass is 10.2. The number of aldehydes is 1. The largest absolute Gasteiger partial charge is 0.444 e. The summed E-state index contributed by atoms with van der Waals surface area (Å²) < 4.78 is 5.06. The topological polar surface area (TPSA) is 55.4 Å². The van der Waals surface area contributed by atoms with Crippen molar-refractivity contribution in [3.63, 3.8) is 0 Å². The van der Waals surface area contributed by atoms with E-state index in [0.29, 0.717) is 6.29 Å². The van der Waals surface area contributed by atoms with Crippen LogP contribution in [0.1, 0.15) is 26.3 Å². The molecule has 1 aromatic carbocycles. The summed E-state index contributed by atoms with van der Waals surface area (Å²) in [5.74, 6) is 0. The van der Waals surface area contributed by atoms with Crippen molar-refractivity contribution in [3.05, 3.63) is 41.6 Å². The average Bonchev–Trinajstić information content (AvgIpc) is 2.27. The molecule has 4 nitrogen and oxygen atoms in total. The maximum Gasteiger partial charge on any atom is 0.412 e. The Kier molecular flexibility index (Phi) is 4.66. The van der Waals surface area contributed by atoms with Crippen LogP contribution < -0.4 is 5.32 Å². The van der Waals surface area contributed by atoms with Gasteiger partial charge in [0.25, 0.3) is 0 Å². The van der Waals surface area contributed by atoms with Crippen LogP contribution in [-0.2, 0) is 9.53 Å². The molecule has 96 valence electrons.